The zero-order valence-electron chi connectivity index (χ0n) is 23.2. The number of nitrogens with zero attached hydrogens (tertiary/aromatic N) is 3. The molecule has 3 N–H and O–H groups in total. The van der Waals surface area contributed by atoms with E-state index in [0.29, 0.717) is 35.2 Å². The van der Waals surface area contributed by atoms with E-state index in [2.05, 4.69) is 21.4 Å². The Kier molecular flexibility index (Phi) is 14.5. The number of nitrogens with one attached hydrogen (secondary N) is 1. The normalized spacial score (nSPS) is 10.7. The highest BCUT2D eigenvalue weighted by atomic mass is 19.2. The number of nitrogens with two attached hydrogens (primary N) is 1. The van der Waals surface area contributed by atoms with Crippen molar-refractivity contribution in [1.29, 1.82) is 0 Å². The van der Waals surface area contributed by atoms with Crippen LogP contribution in [0.5, 0.6) is 0 Å². The fourth-order valence-electron chi connectivity index (χ4n) is 3.05. The highest BCUT2D eigenvalue weighted by molar-refractivity contribution is 5.80. The molecule has 228 valence electrons. The van der Waals surface area contributed by atoms with Crippen LogP contribution < -0.4 is 11.3 Å². The van der Waals surface area contributed by atoms with E-state index in [0.717, 1.165) is 12.3 Å². The molecule has 0 bridgehead atoms. The first-order valence-electron chi connectivity index (χ1n) is 12.1. The Labute approximate surface area is 236 Å². The number of benzene rings is 3. The molecule has 0 aliphatic rings. The molecule has 0 aliphatic carbocycles. The van der Waals surface area contributed by atoms with Crippen LogP contribution in [0.3, 0.4) is 0 Å². The lowest BCUT2D eigenvalue weighted by Gasteiger charge is -2.06. The molecule has 0 amide bonds. The van der Waals surface area contributed by atoms with E-state index in [4.69, 9.17) is 0 Å². The van der Waals surface area contributed by atoms with Gasteiger partial charge in [-0.2, -0.15) is 5.10 Å². The summed E-state index contributed by atoms with van der Waals surface area (Å²) in [6.45, 7) is 7.37. The van der Waals surface area contributed by atoms with Crippen molar-refractivity contribution in [2.24, 2.45) is 10.8 Å². The number of halogens is 8. The average molecular weight is 604 g/mol. The van der Waals surface area contributed by atoms with Crippen molar-refractivity contribution in [2.45, 2.75) is 39.8 Å². The third kappa shape index (κ3) is 10.7. The Bertz CT molecular complexity index is 1460. The average Bonchev–Trinajstić information content (AvgIpc) is 3.29. The van der Waals surface area contributed by atoms with Gasteiger partial charge in [-0.15, -0.1) is 0 Å². The molecule has 1 heterocycles. The van der Waals surface area contributed by atoms with Crippen LogP contribution >= 0.6 is 0 Å². The van der Waals surface area contributed by atoms with Gasteiger partial charge in [-0.3, -0.25) is 25.7 Å². The summed E-state index contributed by atoms with van der Waals surface area (Å²) in [5.74, 6) is -2.75. The van der Waals surface area contributed by atoms with Gasteiger partial charge in [0, 0.05) is 48.6 Å². The molecule has 4 aromatic rings. The van der Waals surface area contributed by atoms with Crippen molar-refractivity contribution in [1.82, 2.24) is 15.2 Å². The summed E-state index contributed by atoms with van der Waals surface area (Å²) >= 11 is 0. The smallest absolute Gasteiger partial charge is 0.155 e. The summed E-state index contributed by atoms with van der Waals surface area (Å²) in [5, 5.41) is 4.37. The Balaban J connectivity index is 0.000000303. The van der Waals surface area contributed by atoms with Crippen molar-refractivity contribution >= 4 is 23.4 Å². The van der Waals surface area contributed by atoms with Gasteiger partial charge in [0.2, 0.25) is 0 Å². The zero-order chi connectivity index (χ0) is 32.1. The van der Waals surface area contributed by atoms with Gasteiger partial charge in [-0.25, -0.2) is 35.1 Å². The number of hydrazine groups is 1. The van der Waals surface area contributed by atoms with E-state index >= 15 is 0 Å². The fraction of sp³-hybridized carbons (Fsp3) is 0.250. The molecule has 1 aromatic heterocycles. The number of rotatable bonds is 4. The van der Waals surface area contributed by atoms with E-state index < -0.39 is 52.1 Å². The standard InChI is InChI=1S/C10H10F3N.C10H10F2N2.C7H3F3O.CH6N2/c1-6(2)14-5-8-9(12)3-7(11)4-10(8)13;1-6(2)14-10-4-7(11)3-9(12)8(10)5-13-14;8-4-1-6(9)5(3-11)7(10)2-4;1-3-2/h2*3-6H,1-2H3;1-3H;3H,2H2,1H3. The SMILES string of the molecule is CC(C)N=Cc1c(F)cc(F)cc1F.CC(C)n1ncc2c(F)cc(F)cc21.CNN.O=Cc1c(F)cc(F)cc1F. The van der Waals surface area contributed by atoms with E-state index in [1.165, 1.54) is 12.3 Å². The zero-order valence-corrected chi connectivity index (χ0v) is 23.2. The molecular weight excluding hydrogens is 574 g/mol. The van der Waals surface area contributed by atoms with Gasteiger partial charge in [0.05, 0.1) is 28.2 Å². The van der Waals surface area contributed by atoms with Crippen LogP contribution in [0.4, 0.5) is 35.1 Å². The molecule has 42 heavy (non-hydrogen) atoms. The highest BCUT2D eigenvalue weighted by Gasteiger charge is 2.12. The third-order valence-corrected chi connectivity index (χ3v) is 4.83. The van der Waals surface area contributed by atoms with Gasteiger partial charge < -0.3 is 0 Å². The van der Waals surface area contributed by atoms with Gasteiger partial charge in [0.15, 0.2) is 6.29 Å². The van der Waals surface area contributed by atoms with Crippen molar-refractivity contribution in [3.05, 3.63) is 100 Å². The lowest BCUT2D eigenvalue weighted by molar-refractivity contribution is 0.111. The summed E-state index contributed by atoms with van der Waals surface area (Å²) in [5.41, 5.74) is 1.70. The first-order valence-corrected chi connectivity index (χ1v) is 12.1. The molecule has 4 rings (SSSR count). The number of hydrogen-bond acceptors (Lipinski definition) is 5. The number of fused-ring (bicyclic) bond motifs is 1. The van der Waals surface area contributed by atoms with E-state index in [1.807, 2.05) is 13.8 Å². The molecule has 0 radical (unpaired) electrons. The summed E-state index contributed by atoms with van der Waals surface area (Å²) < 4.78 is 103. The molecule has 0 atom stereocenters. The van der Waals surface area contributed by atoms with Crippen LogP contribution in [0.2, 0.25) is 0 Å². The van der Waals surface area contributed by atoms with Crippen molar-refractivity contribution in [3.63, 3.8) is 0 Å². The number of carbonyl (C=O) groups excluding carboxylic acids is 1. The van der Waals surface area contributed by atoms with Crippen molar-refractivity contribution < 1.29 is 39.9 Å². The first-order chi connectivity index (χ1) is 19.7. The molecule has 0 saturated heterocycles. The summed E-state index contributed by atoms with van der Waals surface area (Å²) in [4.78, 5) is 13.8. The van der Waals surface area contributed by atoms with E-state index in [1.54, 1.807) is 25.6 Å². The maximum absolute atomic E-state index is 13.2. The summed E-state index contributed by atoms with van der Waals surface area (Å²) in [6, 6.07) is 4.36. The fourth-order valence-corrected chi connectivity index (χ4v) is 3.05. The molecule has 3 aromatic carbocycles. The molecule has 0 unspecified atom stereocenters. The minimum absolute atomic E-state index is 0.00407. The van der Waals surface area contributed by atoms with Crippen molar-refractivity contribution in [2.75, 3.05) is 7.05 Å². The lowest BCUT2D eigenvalue weighted by Crippen LogP contribution is -2.13. The second-order valence-electron chi connectivity index (χ2n) is 8.85. The second-order valence-corrected chi connectivity index (χ2v) is 8.85. The minimum atomic E-state index is -1.18. The van der Waals surface area contributed by atoms with Crippen LogP contribution in [0, 0.1) is 46.5 Å². The van der Waals surface area contributed by atoms with Crippen LogP contribution in [0.15, 0.2) is 47.6 Å². The quantitative estimate of drug-likeness (QED) is 0.0882. The topological polar surface area (TPSA) is 85.3 Å². The summed E-state index contributed by atoms with van der Waals surface area (Å²) in [7, 11) is 1.65. The molecule has 0 saturated carbocycles. The number of aliphatic imine (C=N–C) groups is 1. The van der Waals surface area contributed by atoms with Crippen LogP contribution in [-0.4, -0.2) is 35.4 Å². The molecule has 14 heteroatoms. The predicted octanol–water partition coefficient (Wildman–Crippen LogP) is 6.82. The number of carbonyl (C=O) groups is 1. The highest BCUT2D eigenvalue weighted by Crippen LogP contribution is 2.21. The Morgan fingerprint density at radius 1 is 0.762 bits per heavy atom. The maximum Gasteiger partial charge on any atom is 0.155 e. The van der Waals surface area contributed by atoms with Gasteiger partial charge in [-0.1, -0.05) is 0 Å². The van der Waals surface area contributed by atoms with Crippen LogP contribution in [-0.2, 0) is 0 Å². The predicted molar refractivity (Wildman–Crippen MR) is 144 cm³/mol. The third-order valence-electron chi connectivity index (χ3n) is 4.83. The number of hydrogen-bond donors (Lipinski definition) is 2. The monoisotopic (exact) mass is 603 g/mol. The first kappa shape index (κ1) is 35.9. The van der Waals surface area contributed by atoms with Crippen LogP contribution in [0.25, 0.3) is 10.9 Å². The second kappa shape index (κ2) is 16.9. The van der Waals surface area contributed by atoms with Gasteiger partial charge in [-0.05, 0) is 40.8 Å². The molecular formula is C28H29F8N5O. The minimum Gasteiger partial charge on any atom is -0.298 e. The van der Waals surface area contributed by atoms with Gasteiger partial charge in [0.25, 0.3) is 0 Å². The molecule has 0 aliphatic heterocycles. The van der Waals surface area contributed by atoms with E-state index in [-0.39, 0.29) is 23.9 Å². The van der Waals surface area contributed by atoms with Crippen LogP contribution in [0.1, 0.15) is 49.7 Å². The largest absolute Gasteiger partial charge is 0.298 e. The summed E-state index contributed by atoms with van der Waals surface area (Å²) in [6.07, 6.45) is 2.50. The Morgan fingerprint density at radius 3 is 1.57 bits per heavy atom. The Hall–Kier alpha value is -4.17. The number of aldehydes is 1. The molecule has 0 spiro atoms. The maximum atomic E-state index is 13.2. The van der Waals surface area contributed by atoms with Gasteiger partial charge >= 0.3 is 0 Å². The number of aromatic nitrogens is 2. The molecule has 6 nitrogen and oxygen atoms in total. The molecule has 0 fully saturated rings. The van der Waals surface area contributed by atoms with Crippen molar-refractivity contribution in [3.8, 4) is 0 Å². The lowest BCUT2D eigenvalue weighted by atomic mass is 10.2. The van der Waals surface area contributed by atoms with E-state index in [9.17, 15) is 39.9 Å². The Morgan fingerprint density at radius 2 is 1.17 bits per heavy atom. The van der Waals surface area contributed by atoms with Gasteiger partial charge in [0.1, 0.15) is 46.5 Å².